The van der Waals surface area contributed by atoms with Crippen LogP contribution in [0.15, 0.2) is 79.0 Å². The molecule has 5 nitrogen and oxygen atoms in total. The first-order valence-corrected chi connectivity index (χ1v) is 10.7. The van der Waals surface area contributed by atoms with Gasteiger partial charge in [-0.1, -0.05) is 48.5 Å². The van der Waals surface area contributed by atoms with E-state index in [2.05, 4.69) is 22.2 Å². The lowest BCUT2D eigenvalue weighted by Crippen LogP contribution is -2.42. The van der Waals surface area contributed by atoms with Crippen LogP contribution in [0, 0.1) is 5.82 Å². The highest BCUT2D eigenvalue weighted by atomic mass is 19.1. The third kappa shape index (κ3) is 3.07. The van der Waals surface area contributed by atoms with Crippen LogP contribution in [0.4, 0.5) is 4.39 Å². The number of aromatic nitrogens is 3. The second kappa shape index (κ2) is 7.34. The van der Waals surface area contributed by atoms with Gasteiger partial charge in [0.1, 0.15) is 12.4 Å². The van der Waals surface area contributed by atoms with Crippen LogP contribution in [0.25, 0.3) is 21.8 Å². The number of rotatable bonds is 3. The maximum Gasteiger partial charge on any atom is 0.245 e. The van der Waals surface area contributed by atoms with Gasteiger partial charge >= 0.3 is 0 Å². The first-order chi connectivity index (χ1) is 15.7. The standard InChI is InChI=1S/C26H21FN4O/c27-19-11-9-17(10-12-19)26-25-21(20-6-2-4-8-23(20)28-25)13-14-31(26)24(32)16-30-15-18-5-1-3-7-22(18)29-30/h1-12,15,26,28H,13-14,16H2/t26-/m1/s1. The summed E-state index contributed by atoms with van der Waals surface area (Å²) >= 11 is 0. The van der Waals surface area contributed by atoms with E-state index in [0.29, 0.717) is 6.54 Å². The maximum absolute atomic E-state index is 13.7. The Bertz CT molecular complexity index is 1420. The van der Waals surface area contributed by atoms with E-state index in [4.69, 9.17) is 0 Å². The van der Waals surface area contributed by atoms with Crippen LogP contribution in [0.3, 0.4) is 0 Å². The number of benzene rings is 3. The molecule has 0 saturated heterocycles. The number of carbonyl (C=O) groups is 1. The fraction of sp³-hybridized carbons (Fsp3) is 0.154. The number of H-pyrrole nitrogens is 1. The van der Waals surface area contributed by atoms with Crippen molar-refractivity contribution in [2.75, 3.05) is 6.54 Å². The Morgan fingerprint density at radius 2 is 1.81 bits per heavy atom. The molecule has 6 rings (SSSR count). The van der Waals surface area contributed by atoms with Gasteiger partial charge in [-0.2, -0.15) is 5.10 Å². The van der Waals surface area contributed by atoms with Crippen LogP contribution in [0.2, 0.25) is 0 Å². The number of fused-ring (bicyclic) bond motifs is 4. The summed E-state index contributed by atoms with van der Waals surface area (Å²) in [6, 6.07) is 22.2. The third-order valence-corrected chi connectivity index (χ3v) is 6.30. The quantitative estimate of drug-likeness (QED) is 0.451. The normalized spacial score (nSPS) is 15.9. The van der Waals surface area contributed by atoms with Gasteiger partial charge in [-0.05, 0) is 41.8 Å². The number of hydrogen-bond donors (Lipinski definition) is 1. The molecule has 3 aromatic carbocycles. The third-order valence-electron chi connectivity index (χ3n) is 6.30. The number of nitrogens with zero attached hydrogens (tertiary/aromatic N) is 3. The summed E-state index contributed by atoms with van der Waals surface area (Å²) in [5, 5.41) is 6.73. The second-order valence-corrected chi connectivity index (χ2v) is 8.24. The Morgan fingerprint density at radius 1 is 1.03 bits per heavy atom. The number of aromatic amines is 1. The summed E-state index contributed by atoms with van der Waals surface area (Å²) in [7, 11) is 0. The molecule has 3 heterocycles. The van der Waals surface area contributed by atoms with Gasteiger partial charge in [-0.15, -0.1) is 0 Å². The van der Waals surface area contributed by atoms with E-state index in [1.807, 2.05) is 47.5 Å². The zero-order valence-corrected chi connectivity index (χ0v) is 17.3. The van der Waals surface area contributed by atoms with Gasteiger partial charge in [0.25, 0.3) is 0 Å². The summed E-state index contributed by atoms with van der Waals surface area (Å²) in [5.74, 6) is -0.307. The van der Waals surface area contributed by atoms with Crippen molar-refractivity contribution < 1.29 is 9.18 Å². The predicted molar refractivity (Wildman–Crippen MR) is 122 cm³/mol. The van der Waals surface area contributed by atoms with Gasteiger partial charge in [0.2, 0.25) is 5.91 Å². The van der Waals surface area contributed by atoms with E-state index >= 15 is 0 Å². The minimum absolute atomic E-state index is 0.0172. The van der Waals surface area contributed by atoms with Crippen molar-refractivity contribution in [2.45, 2.75) is 19.0 Å². The molecule has 1 amide bonds. The molecule has 5 aromatic rings. The highest BCUT2D eigenvalue weighted by Crippen LogP contribution is 2.38. The molecule has 6 heteroatoms. The lowest BCUT2D eigenvalue weighted by Gasteiger charge is -2.36. The van der Waals surface area contributed by atoms with E-state index in [-0.39, 0.29) is 24.3 Å². The van der Waals surface area contributed by atoms with E-state index in [9.17, 15) is 9.18 Å². The SMILES string of the molecule is O=C(Cn1cc2ccccc2n1)N1CCc2c([nH]c3ccccc23)[C@H]1c1ccc(F)cc1. The topological polar surface area (TPSA) is 53.9 Å². The van der Waals surface area contributed by atoms with Gasteiger partial charge in [-0.25, -0.2) is 4.39 Å². The van der Waals surface area contributed by atoms with E-state index in [1.54, 1.807) is 16.8 Å². The van der Waals surface area contributed by atoms with Crippen LogP contribution in [0.1, 0.15) is 22.9 Å². The minimum Gasteiger partial charge on any atom is -0.356 e. The Morgan fingerprint density at radius 3 is 2.66 bits per heavy atom. The Balaban J connectivity index is 1.41. The van der Waals surface area contributed by atoms with Crippen LogP contribution in [-0.2, 0) is 17.8 Å². The molecule has 0 radical (unpaired) electrons. The summed E-state index contributed by atoms with van der Waals surface area (Å²) in [5.41, 5.74) is 5.04. The first kappa shape index (κ1) is 18.8. The molecule has 1 N–H and O–H groups in total. The number of amides is 1. The summed E-state index contributed by atoms with van der Waals surface area (Å²) in [6.07, 6.45) is 2.67. The Kier molecular flexibility index (Phi) is 4.31. The summed E-state index contributed by atoms with van der Waals surface area (Å²) < 4.78 is 15.4. The van der Waals surface area contributed by atoms with E-state index in [1.165, 1.54) is 23.1 Å². The molecule has 0 unspecified atom stereocenters. The van der Waals surface area contributed by atoms with Crippen molar-refractivity contribution in [1.82, 2.24) is 19.7 Å². The molecule has 32 heavy (non-hydrogen) atoms. The highest BCUT2D eigenvalue weighted by molar-refractivity contribution is 5.87. The fourth-order valence-electron chi connectivity index (χ4n) is 4.83. The molecule has 0 saturated carbocycles. The molecule has 0 spiro atoms. The maximum atomic E-state index is 13.7. The Labute approximate surface area is 184 Å². The van der Waals surface area contributed by atoms with Crippen molar-refractivity contribution in [3.63, 3.8) is 0 Å². The van der Waals surface area contributed by atoms with Crippen LogP contribution >= 0.6 is 0 Å². The smallest absolute Gasteiger partial charge is 0.245 e. The van der Waals surface area contributed by atoms with Crippen molar-refractivity contribution in [3.05, 3.63) is 102 Å². The second-order valence-electron chi connectivity index (χ2n) is 8.24. The molecule has 2 aromatic heterocycles. The molecule has 0 fully saturated rings. The van der Waals surface area contributed by atoms with Crippen LogP contribution in [0.5, 0.6) is 0 Å². The van der Waals surface area contributed by atoms with Crippen LogP contribution < -0.4 is 0 Å². The lowest BCUT2D eigenvalue weighted by atomic mass is 9.92. The summed E-state index contributed by atoms with van der Waals surface area (Å²) in [6.45, 7) is 0.748. The average Bonchev–Trinajstić information content (AvgIpc) is 3.39. The molecule has 1 aliphatic rings. The number of nitrogens with one attached hydrogen (secondary N) is 1. The highest BCUT2D eigenvalue weighted by Gasteiger charge is 2.34. The largest absolute Gasteiger partial charge is 0.356 e. The van der Waals surface area contributed by atoms with Gasteiger partial charge < -0.3 is 9.88 Å². The molecule has 1 aliphatic heterocycles. The molecular formula is C26H21FN4O. The fourth-order valence-corrected chi connectivity index (χ4v) is 4.83. The van der Waals surface area contributed by atoms with Crippen molar-refractivity contribution in [1.29, 1.82) is 0 Å². The molecule has 1 atom stereocenters. The molecule has 0 bridgehead atoms. The predicted octanol–water partition coefficient (Wildman–Crippen LogP) is 4.83. The molecule has 0 aliphatic carbocycles. The van der Waals surface area contributed by atoms with Crippen molar-refractivity contribution in [2.24, 2.45) is 0 Å². The Hall–Kier alpha value is -3.93. The number of hydrogen-bond acceptors (Lipinski definition) is 2. The minimum atomic E-state index is -0.302. The number of carbonyl (C=O) groups excluding carboxylic acids is 1. The van der Waals surface area contributed by atoms with E-state index < -0.39 is 0 Å². The van der Waals surface area contributed by atoms with E-state index in [0.717, 1.165) is 34.1 Å². The van der Waals surface area contributed by atoms with Crippen molar-refractivity contribution in [3.8, 4) is 0 Å². The number of para-hydroxylation sites is 1. The monoisotopic (exact) mass is 424 g/mol. The zero-order valence-electron chi connectivity index (χ0n) is 17.3. The molecule has 158 valence electrons. The number of halogens is 1. The van der Waals surface area contributed by atoms with Gasteiger partial charge in [-0.3, -0.25) is 9.48 Å². The summed E-state index contributed by atoms with van der Waals surface area (Å²) in [4.78, 5) is 18.9. The first-order valence-electron chi connectivity index (χ1n) is 10.7. The van der Waals surface area contributed by atoms with Gasteiger partial charge in [0.05, 0.1) is 11.6 Å². The van der Waals surface area contributed by atoms with Crippen LogP contribution in [-0.4, -0.2) is 32.1 Å². The van der Waals surface area contributed by atoms with Gasteiger partial charge in [0.15, 0.2) is 0 Å². The zero-order chi connectivity index (χ0) is 21.7. The average molecular weight is 424 g/mol. The van der Waals surface area contributed by atoms with Crippen molar-refractivity contribution >= 4 is 27.7 Å². The molecular weight excluding hydrogens is 403 g/mol. The lowest BCUT2D eigenvalue weighted by molar-refractivity contribution is -0.134. The van der Waals surface area contributed by atoms with Gasteiger partial charge in [0, 0.05) is 34.7 Å².